The molecule has 0 radical (unpaired) electrons. The normalized spacial score (nSPS) is 10.6. The van der Waals surface area contributed by atoms with Crippen LogP contribution < -0.4 is 14.2 Å². The highest BCUT2D eigenvalue weighted by Gasteiger charge is 2.17. The van der Waals surface area contributed by atoms with Crippen molar-refractivity contribution in [3.8, 4) is 28.7 Å². The minimum atomic E-state index is 0.399. The molecule has 0 aliphatic heterocycles. The topological polar surface area (TPSA) is 66.6 Å². The van der Waals surface area contributed by atoms with Gasteiger partial charge in [0.1, 0.15) is 0 Å². The molecule has 0 saturated heterocycles. The summed E-state index contributed by atoms with van der Waals surface area (Å²) < 4.78 is 21.8. The molecule has 0 bridgehead atoms. The number of benzene rings is 2. The van der Waals surface area contributed by atoms with Gasteiger partial charge in [-0.05, 0) is 24.6 Å². The Kier molecular flexibility index (Phi) is 5.68. The van der Waals surface area contributed by atoms with Gasteiger partial charge < -0.3 is 18.6 Å². The number of aryl methyl sites for hydroxylation is 1. The van der Waals surface area contributed by atoms with Gasteiger partial charge in [-0.3, -0.25) is 0 Å². The minimum Gasteiger partial charge on any atom is -0.493 e. The monoisotopic (exact) mass is 372 g/mol. The summed E-state index contributed by atoms with van der Waals surface area (Å²) in [6, 6.07) is 11.9. The van der Waals surface area contributed by atoms with Gasteiger partial charge in [-0.2, -0.15) is 0 Å². The van der Waals surface area contributed by atoms with Gasteiger partial charge in [-0.25, -0.2) is 0 Å². The van der Waals surface area contributed by atoms with Crippen LogP contribution in [-0.4, -0.2) is 31.5 Å². The van der Waals surface area contributed by atoms with Crippen molar-refractivity contribution >= 4 is 11.8 Å². The van der Waals surface area contributed by atoms with Crippen LogP contribution in [0.1, 0.15) is 11.1 Å². The molecule has 0 atom stereocenters. The number of rotatable bonds is 7. The molecule has 136 valence electrons. The highest BCUT2D eigenvalue weighted by atomic mass is 32.2. The van der Waals surface area contributed by atoms with E-state index in [-0.39, 0.29) is 0 Å². The van der Waals surface area contributed by atoms with E-state index in [4.69, 9.17) is 18.6 Å². The van der Waals surface area contributed by atoms with Crippen molar-refractivity contribution in [1.82, 2.24) is 10.2 Å². The maximum absolute atomic E-state index is 5.78. The molecule has 3 rings (SSSR count). The Bertz CT molecular complexity index is 852. The number of aromatic nitrogens is 2. The summed E-state index contributed by atoms with van der Waals surface area (Å²) in [6.45, 7) is 2.07. The van der Waals surface area contributed by atoms with Gasteiger partial charge in [-0.15, -0.1) is 10.2 Å². The van der Waals surface area contributed by atoms with Crippen molar-refractivity contribution in [2.45, 2.75) is 17.9 Å². The van der Waals surface area contributed by atoms with E-state index in [0.29, 0.717) is 33.9 Å². The Hall–Kier alpha value is -2.67. The smallest absolute Gasteiger partial charge is 0.277 e. The standard InChI is InChI=1S/C19H20N2O4S/c1-12-5-7-13(8-6-12)11-26-19-21-20-18(25-19)14-9-15(22-2)17(24-4)16(10-14)23-3/h5-10H,11H2,1-4H3. The first-order valence-electron chi connectivity index (χ1n) is 7.96. The molecule has 26 heavy (non-hydrogen) atoms. The van der Waals surface area contributed by atoms with Crippen molar-refractivity contribution in [3.63, 3.8) is 0 Å². The number of nitrogens with zero attached hydrogens (tertiary/aromatic N) is 2. The van der Waals surface area contributed by atoms with Gasteiger partial charge in [0.25, 0.3) is 5.22 Å². The van der Waals surface area contributed by atoms with E-state index in [2.05, 4.69) is 41.4 Å². The molecule has 1 aromatic heterocycles. The third kappa shape index (κ3) is 3.94. The molecular weight excluding hydrogens is 352 g/mol. The van der Waals surface area contributed by atoms with E-state index in [1.807, 2.05) is 0 Å². The van der Waals surface area contributed by atoms with Crippen molar-refractivity contribution < 1.29 is 18.6 Å². The summed E-state index contributed by atoms with van der Waals surface area (Å²) in [6.07, 6.45) is 0. The van der Waals surface area contributed by atoms with Gasteiger partial charge in [-0.1, -0.05) is 41.6 Å². The third-order valence-corrected chi connectivity index (χ3v) is 4.69. The fourth-order valence-corrected chi connectivity index (χ4v) is 3.14. The lowest BCUT2D eigenvalue weighted by molar-refractivity contribution is 0.324. The summed E-state index contributed by atoms with van der Waals surface area (Å²) in [5.74, 6) is 2.75. The lowest BCUT2D eigenvalue weighted by Crippen LogP contribution is -1.95. The average Bonchev–Trinajstić information content (AvgIpc) is 3.15. The van der Waals surface area contributed by atoms with Crippen molar-refractivity contribution in [3.05, 3.63) is 47.5 Å². The highest BCUT2D eigenvalue weighted by molar-refractivity contribution is 7.98. The quantitative estimate of drug-likeness (QED) is 0.571. The van der Waals surface area contributed by atoms with Gasteiger partial charge in [0.05, 0.1) is 21.3 Å². The molecule has 6 nitrogen and oxygen atoms in total. The number of ether oxygens (including phenoxy) is 3. The first kappa shape index (κ1) is 18.1. The van der Waals surface area contributed by atoms with Crippen LogP contribution in [0.15, 0.2) is 46.0 Å². The van der Waals surface area contributed by atoms with Crippen molar-refractivity contribution in [2.24, 2.45) is 0 Å². The van der Waals surface area contributed by atoms with Crippen molar-refractivity contribution in [1.29, 1.82) is 0 Å². The van der Waals surface area contributed by atoms with Crippen LogP contribution in [0.4, 0.5) is 0 Å². The Morgan fingerprint density at radius 2 is 1.58 bits per heavy atom. The van der Waals surface area contributed by atoms with Gasteiger partial charge in [0.15, 0.2) is 11.5 Å². The van der Waals surface area contributed by atoms with Crippen LogP contribution in [-0.2, 0) is 5.75 Å². The molecule has 0 aliphatic rings. The Balaban J connectivity index is 1.79. The van der Waals surface area contributed by atoms with Gasteiger partial charge in [0, 0.05) is 11.3 Å². The second-order valence-corrected chi connectivity index (χ2v) is 6.49. The second kappa shape index (κ2) is 8.14. The van der Waals surface area contributed by atoms with Gasteiger partial charge in [0.2, 0.25) is 11.6 Å². The molecule has 0 N–H and O–H groups in total. The maximum atomic E-state index is 5.78. The first-order valence-corrected chi connectivity index (χ1v) is 8.95. The van der Waals surface area contributed by atoms with E-state index in [9.17, 15) is 0 Å². The molecule has 3 aromatic rings. The van der Waals surface area contributed by atoms with E-state index in [1.54, 1.807) is 33.5 Å². The van der Waals surface area contributed by atoms with Crippen LogP contribution in [0.5, 0.6) is 17.2 Å². The lowest BCUT2D eigenvalue weighted by Gasteiger charge is -2.12. The number of thioether (sulfide) groups is 1. The predicted octanol–water partition coefficient (Wildman–Crippen LogP) is 4.36. The molecule has 0 saturated carbocycles. The second-order valence-electron chi connectivity index (χ2n) is 5.56. The van der Waals surface area contributed by atoms with Crippen molar-refractivity contribution in [2.75, 3.05) is 21.3 Å². The zero-order valence-corrected chi connectivity index (χ0v) is 15.9. The zero-order chi connectivity index (χ0) is 18.5. The Labute approximate surface area is 156 Å². The summed E-state index contributed by atoms with van der Waals surface area (Å²) in [5.41, 5.74) is 3.14. The summed E-state index contributed by atoms with van der Waals surface area (Å²) in [4.78, 5) is 0. The predicted molar refractivity (Wildman–Crippen MR) is 100 cm³/mol. The largest absolute Gasteiger partial charge is 0.493 e. The molecule has 0 amide bonds. The van der Waals surface area contributed by atoms with Gasteiger partial charge >= 0.3 is 0 Å². The van der Waals surface area contributed by atoms with E-state index < -0.39 is 0 Å². The molecule has 0 aliphatic carbocycles. The molecule has 1 heterocycles. The van der Waals surface area contributed by atoms with Crippen LogP contribution >= 0.6 is 11.8 Å². The number of hydrogen-bond donors (Lipinski definition) is 0. The molecule has 0 unspecified atom stereocenters. The summed E-state index contributed by atoms with van der Waals surface area (Å²) in [7, 11) is 4.70. The molecule has 0 fully saturated rings. The molecular formula is C19H20N2O4S. The van der Waals surface area contributed by atoms with Crippen LogP contribution in [0.25, 0.3) is 11.5 Å². The molecule has 2 aromatic carbocycles. The molecule has 0 spiro atoms. The van der Waals surface area contributed by atoms with Crippen LogP contribution in [0.3, 0.4) is 0 Å². The van der Waals surface area contributed by atoms with E-state index in [1.165, 1.54) is 22.9 Å². The fraction of sp³-hybridized carbons (Fsp3) is 0.263. The maximum Gasteiger partial charge on any atom is 0.277 e. The zero-order valence-electron chi connectivity index (χ0n) is 15.1. The van der Waals surface area contributed by atoms with Crippen LogP contribution in [0.2, 0.25) is 0 Å². The Morgan fingerprint density at radius 3 is 2.15 bits per heavy atom. The summed E-state index contributed by atoms with van der Waals surface area (Å²) >= 11 is 1.49. The lowest BCUT2D eigenvalue weighted by atomic mass is 10.2. The first-order chi connectivity index (χ1) is 12.6. The van der Waals surface area contributed by atoms with E-state index in [0.717, 1.165) is 5.75 Å². The third-order valence-electron chi connectivity index (χ3n) is 3.80. The Morgan fingerprint density at radius 1 is 0.923 bits per heavy atom. The van der Waals surface area contributed by atoms with Crippen LogP contribution in [0, 0.1) is 6.92 Å². The summed E-state index contributed by atoms with van der Waals surface area (Å²) in [5, 5.41) is 8.75. The van der Waals surface area contributed by atoms with E-state index >= 15 is 0 Å². The number of methoxy groups -OCH3 is 3. The average molecular weight is 372 g/mol. The highest BCUT2D eigenvalue weighted by Crippen LogP contribution is 2.41. The number of hydrogen-bond acceptors (Lipinski definition) is 7. The molecule has 7 heteroatoms. The minimum absolute atomic E-state index is 0.399. The SMILES string of the molecule is COc1cc(-c2nnc(SCc3ccc(C)cc3)o2)cc(OC)c1OC. The fourth-order valence-electron chi connectivity index (χ4n) is 2.42.